The molecule has 7 heteroatoms. The Bertz CT molecular complexity index is 858. The molecular weight excluding hydrogens is 366 g/mol. The summed E-state index contributed by atoms with van der Waals surface area (Å²) in [6, 6.07) is 0.282. The summed E-state index contributed by atoms with van der Waals surface area (Å²) >= 11 is 2.90. The van der Waals surface area contributed by atoms with Gasteiger partial charge in [-0.15, -0.1) is 11.3 Å². The Morgan fingerprint density at radius 1 is 1.15 bits per heavy atom. The Kier molecular flexibility index (Phi) is 6.55. The third-order valence-electron chi connectivity index (χ3n) is 4.44. The number of fused-ring (bicyclic) bond motifs is 1. The van der Waals surface area contributed by atoms with Gasteiger partial charge >= 0.3 is 0 Å². The molecule has 144 valence electrons. The van der Waals surface area contributed by atoms with Crippen LogP contribution in [0.2, 0.25) is 0 Å². The molecule has 0 bridgehead atoms. The molecule has 0 aliphatic heterocycles. The molecular formula is C19H29N3O2S2. The van der Waals surface area contributed by atoms with Crippen molar-refractivity contribution in [3.63, 3.8) is 0 Å². The third kappa shape index (κ3) is 3.98. The molecule has 0 saturated heterocycles. The van der Waals surface area contributed by atoms with Crippen LogP contribution >= 0.6 is 23.1 Å². The van der Waals surface area contributed by atoms with Crippen LogP contribution in [0.4, 0.5) is 0 Å². The largest absolute Gasteiger partial charge is 0.337 e. The fraction of sp³-hybridized carbons (Fsp3) is 0.632. The zero-order valence-electron chi connectivity index (χ0n) is 16.9. The highest BCUT2D eigenvalue weighted by atomic mass is 32.2. The van der Waals surface area contributed by atoms with Crippen molar-refractivity contribution in [2.24, 2.45) is 0 Å². The number of hydrogen-bond acceptors (Lipinski definition) is 5. The molecule has 1 amide bonds. The van der Waals surface area contributed by atoms with Crippen molar-refractivity contribution in [2.75, 3.05) is 5.75 Å². The van der Waals surface area contributed by atoms with Gasteiger partial charge in [0.05, 0.1) is 11.1 Å². The van der Waals surface area contributed by atoms with Gasteiger partial charge in [0.25, 0.3) is 5.56 Å². The number of thioether (sulfide) groups is 1. The van der Waals surface area contributed by atoms with E-state index in [1.54, 1.807) is 15.9 Å². The van der Waals surface area contributed by atoms with Crippen LogP contribution in [0.15, 0.2) is 9.95 Å². The van der Waals surface area contributed by atoms with Crippen molar-refractivity contribution < 1.29 is 4.79 Å². The number of aryl methyl sites for hydroxylation is 2. The van der Waals surface area contributed by atoms with E-state index in [4.69, 9.17) is 4.98 Å². The molecule has 2 aromatic heterocycles. The van der Waals surface area contributed by atoms with E-state index >= 15 is 0 Å². The zero-order chi connectivity index (χ0) is 19.8. The van der Waals surface area contributed by atoms with Gasteiger partial charge in [-0.1, -0.05) is 11.8 Å². The molecule has 2 heterocycles. The summed E-state index contributed by atoms with van der Waals surface area (Å²) in [5, 5.41) is 1.34. The van der Waals surface area contributed by atoms with Crippen LogP contribution in [0.3, 0.4) is 0 Å². The summed E-state index contributed by atoms with van der Waals surface area (Å²) < 4.78 is 1.72. The Balaban J connectivity index is 2.42. The second kappa shape index (κ2) is 8.13. The van der Waals surface area contributed by atoms with Gasteiger partial charge in [-0.3, -0.25) is 14.2 Å². The van der Waals surface area contributed by atoms with Gasteiger partial charge in [0.2, 0.25) is 5.91 Å². The number of nitrogens with zero attached hydrogens (tertiary/aromatic N) is 3. The Labute approximate surface area is 163 Å². The fourth-order valence-electron chi connectivity index (χ4n) is 3.22. The van der Waals surface area contributed by atoms with Gasteiger partial charge in [0.15, 0.2) is 5.16 Å². The highest BCUT2D eigenvalue weighted by Crippen LogP contribution is 2.29. The van der Waals surface area contributed by atoms with E-state index in [-0.39, 0.29) is 35.3 Å². The van der Waals surface area contributed by atoms with E-state index in [1.807, 2.05) is 60.3 Å². The van der Waals surface area contributed by atoms with Gasteiger partial charge < -0.3 is 4.90 Å². The molecule has 0 atom stereocenters. The first-order valence-electron chi connectivity index (χ1n) is 9.02. The lowest BCUT2D eigenvalue weighted by Gasteiger charge is -2.30. The maximum absolute atomic E-state index is 13.0. The van der Waals surface area contributed by atoms with E-state index in [0.29, 0.717) is 10.5 Å². The third-order valence-corrected chi connectivity index (χ3v) is 6.48. The van der Waals surface area contributed by atoms with Gasteiger partial charge in [-0.25, -0.2) is 4.98 Å². The first kappa shape index (κ1) is 21.0. The number of rotatable bonds is 6. The molecule has 2 aromatic rings. The molecule has 0 aliphatic carbocycles. The molecule has 0 spiro atoms. The van der Waals surface area contributed by atoms with Gasteiger partial charge in [0.1, 0.15) is 4.83 Å². The highest BCUT2D eigenvalue weighted by Gasteiger charge is 2.23. The smallest absolute Gasteiger partial charge is 0.263 e. The van der Waals surface area contributed by atoms with Crippen LogP contribution in [0.1, 0.15) is 58.0 Å². The van der Waals surface area contributed by atoms with E-state index in [0.717, 1.165) is 15.3 Å². The topological polar surface area (TPSA) is 55.2 Å². The normalized spacial score (nSPS) is 12.0. The van der Waals surface area contributed by atoms with Crippen LogP contribution in [-0.2, 0) is 4.79 Å². The molecule has 0 unspecified atom stereocenters. The van der Waals surface area contributed by atoms with Crippen LogP contribution < -0.4 is 5.56 Å². The average molecular weight is 396 g/mol. The first-order chi connectivity index (χ1) is 12.1. The molecule has 2 rings (SSSR count). The summed E-state index contributed by atoms with van der Waals surface area (Å²) in [5.41, 5.74) is 1.00. The van der Waals surface area contributed by atoms with E-state index in [9.17, 15) is 9.59 Å². The minimum Gasteiger partial charge on any atom is -0.337 e. The molecule has 5 nitrogen and oxygen atoms in total. The second-order valence-corrected chi connectivity index (χ2v) is 9.55. The molecule has 0 N–H and O–H groups in total. The predicted octanol–water partition coefficient (Wildman–Crippen LogP) is 4.39. The molecule has 26 heavy (non-hydrogen) atoms. The number of aromatic nitrogens is 2. The van der Waals surface area contributed by atoms with Crippen LogP contribution in [0.25, 0.3) is 10.2 Å². The first-order valence-corrected chi connectivity index (χ1v) is 10.8. The molecule has 0 radical (unpaired) electrons. The minimum absolute atomic E-state index is 0.00799. The minimum atomic E-state index is -0.0112. The van der Waals surface area contributed by atoms with Crippen molar-refractivity contribution in [1.82, 2.24) is 14.5 Å². The monoisotopic (exact) mass is 395 g/mol. The van der Waals surface area contributed by atoms with Crippen molar-refractivity contribution in [1.29, 1.82) is 0 Å². The van der Waals surface area contributed by atoms with Crippen LogP contribution in [-0.4, -0.2) is 38.2 Å². The van der Waals surface area contributed by atoms with Crippen molar-refractivity contribution in [3.05, 3.63) is 20.8 Å². The molecule has 0 aliphatic rings. The van der Waals surface area contributed by atoms with E-state index in [2.05, 4.69) is 0 Å². The number of carbonyl (C=O) groups excluding carboxylic acids is 1. The van der Waals surface area contributed by atoms with Gasteiger partial charge in [-0.05, 0) is 61.0 Å². The van der Waals surface area contributed by atoms with Gasteiger partial charge in [0, 0.05) is 23.0 Å². The highest BCUT2D eigenvalue weighted by molar-refractivity contribution is 7.99. The Hall–Kier alpha value is -1.34. The summed E-state index contributed by atoms with van der Waals surface area (Å²) in [6.07, 6.45) is 0. The fourth-order valence-corrected chi connectivity index (χ4v) is 5.29. The van der Waals surface area contributed by atoms with Gasteiger partial charge in [-0.2, -0.15) is 0 Å². The van der Waals surface area contributed by atoms with Crippen molar-refractivity contribution in [2.45, 2.75) is 78.7 Å². The van der Waals surface area contributed by atoms with Crippen molar-refractivity contribution in [3.8, 4) is 0 Å². The lowest BCUT2D eigenvalue weighted by Crippen LogP contribution is -2.43. The molecule has 0 saturated carbocycles. The number of carbonyl (C=O) groups is 1. The maximum atomic E-state index is 13.0. The lowest BCUT2D eigenvalue weighted by molar-refractivity contribution is -0.131. The quantitative estimate of drug-likeness (QED) is 0.537. The zero-order valence-corrected chi connectivity index (χ0v) is 18.5. The SMILES string of the molecule is Cc1sc2nc(SCC(=O)N(C(C)C)C(C)C)n(C(C)C)c(=O)c2c1C. The van der Waals surface area contributed by atoms with Crippen LogP contribution in [0.5, 0.6) is 0 Å². The summed E-state index contributed by atoms with van der Waals surface area (Å²) in [7, 11) is 0. The second-order valence-electron chi connectivity index (χ2n) is 7.40. The van der Waals surface area contributed by atoms with Crippen LogP contribution in [0, 0.1) is 13.8 Å². The van der Waals surface area contributed by atoms with Crippen molar-refractivity contribution >= 4 is 39.2 Å². The Morgan fingerprint density at radius 2 is 1.73 bits per heavy atom. The average Bonchev–Trinajstić information content (AvgIpc) is 2.78. The standard InChI is InChI=1S/C19H29N3O2S2/c1-10(2)21(11(3)4)15(23)9-25-19-20-17-16(13(7)14(8)26-17)18(24)22(19)12(5)6/h10-12H,9H2,1-8H3. The maximum Gasteiger partial charge on any atom is 0.263 e. The molecule has 0 aromatic carbocycles. The number of amides is 1. The van der Waals surface area contributed by atoms with E-state index < -0.39 is 0 Å². The Morgan fingerprint density at radius 3 is 2.23 bits per heavy atom. The summed E-state index contributed by atoms with van der Waals surface area (Å²) in [6.45, 7) is 16.0. The number of thiophene rings is 1. The predicted molar refractivity (Wildman–Crippen MR) is 112 cm³/mol. The molecule has 0 fully saturated rings. The lowest BCUT2D eigenvalue weighted by atomic mass is 10.2. The summed E-state index contributed by atoms with van der Waals surface area (Å²) in [4.78, 5) is 34.2. The summed E-state index contributed by atoms with van der Waals surface area (Å²) in [5.74, 6) is 0.355. The number of hydrogen-bond donors (Lipinski definition) is 0. The van der Waals surface area contributed by atoms with E-state index in [1.165, 1.54) is 11.8 Å².